The summed E-state index contributed by atoms with van der Waals surface area (Å²) in [5.74, 6) is -2.57. The number of carbonyl (C=O) groups is 2. The minimum Gasteiger partial charge on any atom is -0.480 e. The van der Waals surface area contributed by atoms with Crippen LogP contribution in [0.2, 0.25) is 0 Å². The van der Waals surface area contributed by atoms with Gasteiger partial charge in [-0.05, 0) is 19.1 Å². The summed E-state index contributed by atoms with van der Waals surface area (Å²) in [5, 5.41) is 10.7. The fourth-order valence-corrected chi connectivity index (χ4v) is 0.981. The van der Waals surface area contributed by atoms with Gasteiger partial charge in [-0.1, -0.05) is 12.1 Å². The number of benzene rings is 1. The number of hydrogen-bond donors (Lipinski definition) is 2. The van der Waals surface area contributed by atoms with E-state index in [4.69, 9.17) is 5.11 Å². The van der Waals surface area contributed by atoms with E-state index >= 15 is 0 Å². The van der Waals surface area contributed by atoms with Crippen LogP contribution in [-0.4, -0.2) is 23.0 Å². The zero-order chi connectivity index (χ0) is 11.4. The average Bonchev–Trinajstić information content (AvgIpc) is 2.18. The van der Waals surface area contributed by atoms with Crippen molar-refractivity contribution in [1.82, 2.24) is 5.32 Å². The zero-order valence-electron chi connectivity index (χ0n) is 8.03. The number of aliphatic carboxylic acids is 1. The van der Waals surface area contributed by atoms with Gasteiger partial charge < -0.3 is 10.4 Å². The second-order valence-corrected chi connectivity index (χ2v) is 3.01. The molecule has 0 aliphatic heterocycles. The molecule has 15 heavy (non-hydrogen) atoms. The van der Waals surface area contributed by atoms with Crippen molar-refractivity contribution >= 4 is 11.9 Å². The third-order valence-electron chi connectivity index (χ3n) is 1.84. The van der Waals surface area contributed by atoms with Crippen LogP contribution in [0.3, 0.4) is 0 Å². The molecule has 0 aromatic heterocycles. The summed E-state index contributed by atoms with van der Waals surface area (Å²) in [7, 11) is 0. The van der Waals surface area contributed by atoms with Crippen molar-refractivity contribution in [2.75, 3.05) is 0 Å². The van der Waals surface area contributed by atoms with Gasteiger partial charge in [0.05, 0.1) is 5.56 Å². The highest BCUT2D eigenvalue weighted by molar-refractivity contribution is 5.96. The molecule has 1 rings (SSSR count). The van der Waals surface area contributed by atoms with Gasteiger partial charge in [0.25, 0.3) is 5.91 Å². The highest BCUT2D eigenvalue weighted by Crippen LogP contribution is 2.06. The van der Waals surface area contributed by atoms with Crippen molar-refractivity contribution in [1.29, 1.82) is 0 Å². The lowest BCUT2D eigenvalue weighted by Gasteiger charge is -2.09. The molecule has 0 saturated heterocycles. The smallest absolute Gasteiger partial charge is 0.325 e. The molecule has 5 heteroatoms. The number of carbonyl (C=O) groups excluding carboxylic acids is 1. The molecule has 2 N–H and O–H groups in total. The molecule has 1 atom stereocenters. The summed E-state index contributed by atoms with van der Waals surface area (Å²) in [6.45, 7) is 1.31. The van der Waals surface area contributed by atoms with E-state index in [9.17, 15) is 14.0 Å². The van der Waals surface area contributed by atoms with E-state index in [0.29, 0.717) is 0 Å². The molecule has 0 fully saturated rings. The maximum absolute atomic E-state index is 13.1. The van der Waals surface area contributed by atoms with Crippen molar-refractivity contribution in [2.45, 2.75) is 13.0 Å². The van der Waals surface area contributed by atoms with Crippen molar-refractivity contribution in [3.8, 4) is 0 Å². The van der Waals surface area contributed by atoms with Gasteiger partial charge in [-0.2, -0.15) is 0 Å². The highest BCUT2D eigenvalue weighted by Gasteiger charge is 2.17. The SMILES string of the molecule is C[C@@H](NC(=O)c1ccccc1F)C(=O)O. The van der Waals surface area contributed by atoms with E-state index in [2.05, 4.69) is 5.32 Å². The molecule has 4 nitrogen and oxygen atoms in total. The maximum atomic E-state index is 13.1. The molecule has 0 bridgehead atoms. The minimum atomic E-state index is -1.17. The molecule has 1 amide bonds. The van der Waals surface area contributed by atoms with Crippen LogP contribution in [0.4, 0.5) is 4.39 Å². The number of carboxylic acids is 1. The molecule has 0 saturated carbocycles. The van der Waals surface area contributed by atoms with Crippen molar-refractivity contribution < 1.29 is 19.1 Å². The molecule has 0 heterocycles. The van der Waals surface area contributed by atoms with Crippen molar-refractivity contribution in [3.63, 3.8) is 0 Å². The molecule has 0 aliphatic carbocycles. The predicted molar refractivity (Wildman–Crippen MR) is 51.0 cm³/mol. The normalized spacial score (nSPS) is 11.9. The second-order valence-electron chi connectivity index (χ2n) is 3.01. The highest BCUT2D eigenvalue weighted by atomic mass is 19.1. The fraction of sp³-hybridized carbons (Fsp3) is 0.200. The first-order valence-corrected chi connectivity index (χ1v) is 4.30. The van der Waals surface area contributed by atoms with E-state index < -0.39 is 23.7 Å². The summed E-state index contributed by atoms with van der Waals surface area (Å²) < 4.78 is 13.1. The molecule has 0 unspecified atom stereocenters. The second kappa shape index (κ2) is 4.54. The van der Waals surface area contributed by atoms with Gasteiger partial charge in [-0.3, -0.25) is 9.59 Å². The minimum absolute atomic E-state index is 0.161. The summed E-state index contributed by atoms with van der Waals surface area (Å²) in [5.41, 5.74) is -0.161. The van der Waals surface area contributed by atoms with E-state index in [1.807, 2.05) is 0 Å². The first kappa shape index (κ1) is 11.2. The average molecular weight is 211 g/mol. The van der Waals surface area contributed by atoms with Gasteiger partial charge in [0.1, 0.15) is 11.9 Å². The predicted octanol–water partition coefficient (Wildman–Crippen LogP) is 1.03. The molecule has 1 aromatic rings. The topological polar surface area (TPSA) is 66.4 Å². The standard InChI is InChI=1S/C10H10FNO3/c1-6(10(14)15)12-9(13)7-4-2-3-5-8(7)11/h2-6H,1H3,(H,12,13)(H,14,15)/t6-/m1/s1. The van der Waals surface area contributed by atoms with Crippen LogP contribution >= 0.6 is 0 Å². The summed E-state index contributed by atoms with van der Waals surface area (Å²) >= 11 is 0. The Morgan fingerprint density at radius 3 is 2.53 bits per heavy atom. The Bertz CT molecular complexity index is 392. The molecule has 1 aromatic carbocycles. The fourth-order valence-electron chi connectivity index (χ4n) is 0.981. The molecule has 0 spiro atoms. The third kappa shape index (κ3) is 2.77. The van der Waals surface area contributed by atoms with Crippen LogP contribution in [0.5, 0.6) is 0 Å². The number of hydrogen-bond acceptors (Lipinski definition) is 2. The molecular formula is C10H10FNO3. The first-order valence-electron chi connectivity index (χ1n) is 4.30. The lowest BCUT2D eigenvalue weighted by atomic mass is 10.2. The number of halogens is 1. The van der Waals surface area contributed by atoms with Crippen molar-refractivity contribution in [3.05, 3.63) is 35.6 Å². The van der Waals surface area contributed by atoms with E-state index in [1.54, 1.807) is 0 Å². The molecule has 80 valence electrons. The summed E-state index contributed by atoms with van der Waals surface area (Å²) in [6.07, 6.45) is 0. The van der Waals surface area contributed by atoms with Crippen LogP contribution in [0.1, 0.15) is 17.3 Å². The van der Waals surface area contributed by atoms with E-state index in [0.717, 1.165) is 6.07 Å². The molecule has 0 radical (unpaired) electrons. The number of nitrogens with one attached hydrogen (secondary N) is 1. The van der Waals surface area contributed by atoms with Crippen LogP contribution in [0.15, 0.2) is 24.3 Å². The van der Waals surface area contributed by atoms with Gasteiger partial charge in [-0.25, -0.2) is 4.39 Å². The Morgan fingerprint density at radius 2 is 2.00 bits per heavy atom. The van der Waals surface area contributed by atoms with Gasteiger partial charge in [0.2, 0.25) is 0 Å². The Balaban J connectivity index is 2.78. The number of amides is 1. The molecule has 0 aliphatic rings. The number of carboxylic acid groups (broad SMARTS) is 1. The maximum Gasteiger partial charge on any atom is 0.325 e. The van der Waals surface area contributed by atoms with E-state index in [1.165, 1.54) is 25.1 Å². The zero-order valence-corrected chi connectivity index (χ0v) is 8.03. The number of rotatable bonds is 3. The summed E-state index contributed by atoms with van der Waals surface area (Å²) in [6, 6.07) is 4.34. The monoisotopic (exact) mass is 211 g/mol. The lowest BCUT2D eigenvalue weighted by molar-refractivity contribution is -0.138. The van der Waals surface area contributed by atoms with Gasteiger partial charge in [0.15, 0.2) is 0 Å². The van der Waals surface area contributed by atoms with E-state index in [-0.39, 0.29) is 5.56 Å². The third-order valence-corrected chi connectivity index (χ3v) is 1.84. The Labute approximate surface area is 85.7 Å². The van der Waals surface area contributed by atoms with Crippen LogP contribution < -0.4 is 5.32 Å². The Hall–Kier alpha value is -1.91. The molecular weight excluding hydrogens is 201 g/mol. The van der Waals surface area contributed by atoms with Crippen molar-refractivity contribution in [2.24, 2.45) is 0 Å². The lowest BCUT2D eigenvalue weighted by Crippen LogP contribution is -2.38. The quantitative estimate of drug-likeness (QED) is 0.784. The van der Waals surface area contributed by atoms with Crippen LogP contribution in [0.25, 0.3) is 0 Å². The Morgan fingerprint density at radius 1 is 1.40 bits per heavy atom. The largest absolute Gasteiger partial charge is 0.480 e. The van der Waals surface area contributed by atoms with Gasteiger partial charge >= 0.3 is 5.97 Å². The van der Waals surface area contributed by atoms with Gasteiger partial charge in [0, 0.05) is 0 Å². The van der Waals surface area contributed by atoms with Crippen LogP contribution in [0, 0.1) is 5.82 Å². The first-order chi connectivity index (χ1) is 7.02. The summed E-state index contributed by atoms with van der Waals surface area (Å²) in [4.78, 5) is 21.8. The van der Waals surface area contributed by atoms with Gasteiger partial charge in [-0.15, -0.1) is 0 Å². The Kier molecular flexibility index (Phi) is 3.38. The van der Waals surface area contributed by atoms with Crippen LogP contribution in [-0.2, 0) is 4.79 Å².